The number of hydrogen-bond acceptors (Lipinski definition) is 5. The summed E-state index contributed by atoms with van der Waals surface area (Å²) in [6.45, 7) is 8.84. The van der Waals surface area contributed by atoms with E-state index < -0.39 is 5.60 Å². The van der Waals surface area contributed by atoms with Crippen LogP contribution in [0.15, 0.2) is 24.3 Å². The van der Waals surface area contributed by atoms with Crippen molar-refractivity contribution >= 4 is 11.8 Å². The molecule has 0 unspecified atom stereocenters. The summed E-state index contributed by atoms with van der Waals surface area (Å²) in [6.07, 6.45) is 2.68. The van der Waals surface area contributed by atoms with Gasteiger partial charge in [0.05, 0.1) is 19.3 Å². The fraction of sp³-hybridized carbons (Fsp3) is 0.650. The predicted molar refractivity (Wildman–Crippen MR) is 101 cm³/mol. The minimum absolute atomic E-state index is 0.102. The molecule has 1 aromatic carbocycles. The van der Waals surface area contributed by atoms with Crippen LogP contribution < -0.4 is 15.0 Å². The minimum Gasteiger partial charge on any atom is -0.490 e. The maximum atomic E-state index is 12.0. The second-order valence-corrected chi connectivity index (χ2v) is 8.00. The maximum absolute atomic E-state index is 12.0. The zero-order valence-corrected chi connectivity index (χ0v) is 16.0. The Morgan fingerprint density at radius 1 is 1.23 bits per heavy atom. The molecule has 144 valence electrons. The van der Waals surface area contributed by atoms with Gasteiger partial charge in [0.15, 0.2) is 0 Å². The standard InChI is InChI=1S/C20H30N2O4/c1-20(2,3)26-19(23)21-15-7-10-22(14-15)16-5-4-6-18(13-16)25-17-8-11-24-12-9-17/h4-6,13,15,17H,7-12,14H2,1-3H3,(H,21,23)/t15-/m0/s1. The second kappa shape index (κ2) is 8.16. The van der Waals surface area contributed by atoms with Gasteiger partial charge in [-0.15, -0.1) is 0 Å². The molecule has 2 saturated heterocycles. The summed E-state index contributed by atoms with van der Waals surface area (Å²) in [5.41, 5.74) is 0.654. The van der Waals surface area contributed by atoms with Crippen LogP contribution in [0.25, 0.3) is 0 Å². The van der Waals surface area contributed by atoms with Gasteiger partial charge in [-0.1, -0.05) is 6.07 Å². The van der Waals surface area contributed by atoms with E-state index in [2.05, 4.69) is 22.3 Å². The Bertz CT molecular complexity index is 608. The third-order valence-electron chi connectivity index (χ3n) is 4.56. The fourth-order valence-corrected chi connectivity index (χ4v) is 3.33. The smallest absolute Gasteiger partial charge is 0.407 e. The maximum Gasteiger partial charge on any atom is 0.407 e. The Labute approximate surface area is 155 Å². The van der Waals surface area contributed by atoms with Crippen LogP contribution in [0.4, 0.5) is 10.5 Å². The van der Waals surface area contributed by atoms with Gasteiger partial charge in [0.1, 0.15) is 17.5 Å². The number of amides is 1. The average molecular weight is 362 g/mol. The van der Waals surface area contributed by atoms with Crippen LogP contribution in [0.2, 0.25) is 0 Å². The number of anilines is 1. The van der Waals surface area contributed by atoms with Gasteiger partial charge in [0.2, 0.25) is 0 Å². The van der Waals surface area contributed by atoms with Crippen LogP contribution in [0.3, 0.4) is 0 Å². The van der Waals surface area contributed by atoms with Crippen molar-refractivity contribution in [2.75, 3.05) is 31.2 Å². The number of nitrogens with zero attached hydrogens (tertiary/aromatic N) is 1. The number of benzene rings is 1. The Balaban J connectivity index is 1.53. The molecule has 1 atom stereocenters. The van der Waals surface area contributed by atoms with E-state index in [1.54, 1.807) is 0 Å². The van der Waals surface area contributed by atoms with E-state index in [-0.39, 0.29) is 18.2 Å². The highest BCUT2D eigenvalue weighted by Gasteiger charge is 2.26. The van der Waals surface area contributed by atoms with E-state index in [9.17, 15) is 4.79 Å². The quantitative estimate of drug-likeness (QED) is 0.890. The largest absolute Gasteiger partial charge is 0.490 e. The molecule has 0 aliphatic carbocycles. The van der Waals surface area contributed by atoms with E-state index in [1.807, 2.05) is 32.9 Å². The average Bonchev–Trinajstić information content (AvgIpc) is 3.02. The SMILES string of the molecule is CC(C)(C)OC(=O)N[C@H]1CCN(c2cccc(OC3CCOCC3)c2)C1. The highest BCUT2D eigenvalue weighted by Crippen LogP contribution is 2.26. The molecule has 2 aliphatic rings. The van der Waals surface area contributed by atoms with Gasteiger partial charge in [-0.2, -0.15) is 0 Å². The van der Waals surface area contributed by atoms with Crippen molar-refractivity contribution in [1.29, 1.82) is 0 Å². The van der Waals surface area contributed by atoms with Crippen molar-refractivity contribution in [3.05, 3.63) is 24.3 Å². The molecule has 2 aliphatic heterocycles. The summed E-state index contributed by atoms with van der Waals surface area (Å²) in [5, 5.41) is 2.97. The lowest BCUT2D eigenvalue weighted by molar-refractivity contribution is 0.0256. The molecular formula is C20H30N2O4. The van der Waals surface area contributed by atoms with E-state index >= 15 is 0 Å². The first-order valence-electron chi connectivity index (χ1n) is 9.48. The molecule has 0 radical (unpaired) electrons. The van der Waals surface area contributed by atoms with Crippen LogP contribution >= 0.6 is 0 Å². The Hall–Kier alpha value is -1.95. The van der Waals surface area contributed by atoms with Crippen molar-refractivity contribution in [2.45, 2.75) is 57.8 Å². The molecule has 1 amide bonds. The van der Waals surface area contributed by atoms with Gasteiger partial charge in [0, 0.05) is 37.7 Å². The fourth-order valence-electron chi connectivity index (χ4n) is 3.33. The van der Waals surface area contributed by atoms with Gasteiger partial charge >= 0.3 is 6.09 Å². The number of carbonyl (C=O) groups excluding carboxylic acids is 1. The topological polar surface area (TPSA) is 60.0 Å². The monoisotopic (exact) mass is 362 g/mol. The van der Waals surface area contributed by atoms with Crippen LogP contribution in [0.1, 0.15) is 40.0 Å². The Morgan fingerprint density at radius 3 is 2.73 bits per heavy atom. The highest BCUT2D eigenvalue weighted by molar-refractivity contribution is 5.68. The van der Waals surface area contributed by atoms with E-state index in [4.69, 9.17) is 14.2 Å². The molecule has 0 saturated carbocycles. The first kappa shape index (κ1) is 18.8. The number of nitrogens with one attached hydrogen (secondary N) is 1. The number of rotatable bonds is 4. The molecule has 0 bridgehead atoms. The molecule has 3 rings (SSSR count). The van der Waals surface area contributed by atoms with Crippen LogP contribution in [0, 0.1) is 0 Å². The van der Waals surface area contributed by atoms with Gasteiger partial charge in [-0.25, -0.2) is 4.79 Å². The van der Waals surface area contributed by atoms with Crippen molar-refractivity contribution in [3.8, 4) is 5.75 Å². The lowest BCUT2D eigenvalue weighted by atomic mass is 10.1. The minimum atomic E-state index is -0.474. The zero-order valence-electron chi connectivity index (χ0n) is 16.0. The first-order chi connectivity index (χ1) is 12.4. The number of carbonyl (C=O) groups is 1. The van der Waals surface area contributed by atoms with Crippen LogP contribution in [-0.2, 0) is 9.47 Å². The molecular weight excluding hydrogens is 332 g/mol. The lowest BCUT2D eigenvalue weighted by Gasteiger charge is -2.25. The molecule has 6 heteroatoms. The number of alkyl carbamates (subject to hydrolysis) is 1. The third-order valence-corrected chi connectivity index (χ3v) is 4.56. The number of hydrogen-bond donors (Lipinski definition) is 1. The summed E-state index contributed by atoms with van der Waals surface area (Å²) in [4.78, 5) is 14.2. The van der Waals surface area contributed by atoms with E-state index in [0.29, 0.717) is 0 Å². The van der Waals surface area contributed by atoms with Crippen molar-refractivity contribution < 1.29 is 19.0 Å². The molecule has 0 aromatic heterocycles. The molecule has 26 heavy (non-hydrogen) atoms. The van der Waals surface area contributed by atoms with Gasteiger partial charge in [0.25, 0.3) is 0 Å². The molecule has 1 N–H and O–H groups in total. The third kappa shape index (κ3) is 5.53. The zero-order chi connectivity index (χ0) is 18.6. The summed E-state index contributed by atoms with van der Waals surface area (Å²) >= 11 is 0. The van der Waals surface area contributed by atoms with Gasteiger partial charge in [-0.05, 0) is 39.3 Å². The predicted octanol–water partition coefficient (Wildman–Crippen LogP) is 3.35. The normalized spacial score (nSPS) is 21.5. The van der Waals surface area contributed by atoms with Crippen molar-refractivity contribution in [2.24, 2.45) is 0 Å². The highest BCUT2D eigenvalue weighted by atomic mass is 16.6. The molecule has 2 fully saturated rings. The van der Waals surface area contributed by atoms with Crippen molar-refractivity contribution in [1.82, 2.24) is 5.32 Å². The summed E-state index contributed by atoms with van der Waals surface area (Å²) in [7, 11) is 0. The molecule has 0 spiro atoms. The van der Waals surface area contributed by atoms with E-state index in [1.165, 1.54) is 0 Å². The summed E-state index contributed by atoms with van der Waals surface area (Å²) < 4.78 is 16.8. The summed E-state index contributed by atoms with van der Waals surface area (Å²) in [6, 6.07) is 8.31. The van der Waals surface area contributed by atoms with Crippen molar-refractivity contribution in [3.63, 3.8) is 0 Å². The molecule has 6 nitrogen and oxygen atoms in total. The Morgan fingerprint density at radius 2 is 2.00 bits per heavy atom. The second-order valence-electron chi connectivity index (χ2n) is 8.00. The van der Waals surface area contributed by atoms with E-state index in [0.717, 1.165) is 57.0 Å². The lowest BCUT2D eigenvalue weighted by Crippen LogP contribution is -2.40. The number of ether oxygens (including phenoxy) is 3. The van der Waals surface area contributed by atoms with Crippen LogP contribution in [-0.4, -0.2) is 50.1 Å². The summed E-state index contributed by atoms with van der Waals surface area (Å²) in [5.74, 6) is 0.901. The molecule has 2 heterocycles. The Kier molecular flexibility index (Phi) is 5.91. The first-order valence-corrected chi connectivity index (χ1v) is 9.48. The van der Waals surface area contributed by atoms with Gasteiger partial charge in [-0.3, -0.25) is 0 Å². The van der Waals surface area contributed by atoms with Crippen LogP contribution in [0.5, 0.6) is 5.75 Å². The van der Waals surface area contributed by atoms with Gasteiger partial charge < -0.3 is 24.4 Å². The molecule has 1 aromatic rings.